The van der Waals surface area contributed by atoms with Crippen molar-refractivity contribution in [1.82, 2.24) is 9.97 Å². The molecule has 1 unspecified atom stereocenters. The van der Waals surface area contributed by atoms with Gasteiger partial charge in [-0.15, -0.1) is 11.3 Å². The predicted octanol–water partition coefficient (Wildman–Crippen LogP) is 2.78. The molecule has 104 valence electrons. The first-order valence-electron chi connectivity index (χ1n) is 6.25. The monoisotopic (exact) mass is 297 g/mol. The van der Waals surface area contributed by atoms with E-state index in [-0.39, 0.29) is 0 Å². The number of hydrogen-bond acceptors (Lipinski definition) is 6. The van der Waals surface area contributed by atoms with E-state index in [4.69, 9.17) is 0 Å². The van der Waals surface area contributed by atoms with Gasteiger partial charge in [-0.3, -0.25) is 0 Å². The van der Waals surface area contributed by atoms with Gasteiger partial charge in [0.05, 0.1) is 11.0 Å². The van der Waals surface area contributed by atoms with Gasteiger partial charge in [0.15, 0.2) is 0 Å². The number of rotatable bonds is 6. The minimum Gasteiger partial charge on any atom is -0.387 e. The highest BCUT2D eigenvalue weighted by molar-refractivity contribution is 7.98. The van der Waals surface area contributed by atoms with Crippen LogP contribution in [0.3, 0.4) is 0 Å². The number of aliphatic hydroxyl groups is 1. The minimum absolute atomic E-state index is 0.485. The maximum absolute atomic E-state index is 10.2. The summed E-state index contributed by atoms with van der Waals surface area (Å²) in [7, 11) is 0. The highest BCUT2D eigenvalue weighted by Gasteiger charge is 2.20. The van der Waals surface area contributed by atoms with Crippen LogP contribution in [-0.4, -0.2) is 39.2 Å². The van der Waals surface area contributed by atoms with Crippen LogP contribution < -0.4 is 5.32 Å². The molecule has 2 heterocycles. The van der Waals surface area contributed by atoms with Crippen LogP contribution in [0, 0.1) is 0 Å². The lowest BCUT2D eigenvalue weighted by Crippen LogP contribution is -2.36. The standard InChI is InChI=1S/C13H19N3OS2/c1-4-10-15-11(9-5-6-19-12(9)16-10)14-7-13(2,17)8-18-3/h5-6,17H,4,7-8H2,1-3H3,(H,14,15,16). The van der Waals surface area contributed by atoms with E-state index in [1.807, 2.05) is 31.5 Å². The number of hydrogen-bond donors (Lipinski definition) is 2. The average molecular weight is 297 g/mol. The number of nitrogens with one attached hydrogen (secondary N) is 1. The molecule has 6 heteroatoms. The first-order chi connectivity index (χ1) is 9.05. The molecule has 1 atom stereocenters. The van der Waals surface area contributed by atoms with Gasteiger partial charge in [-0.1, -0.05) is 6.92 Å². The van der Waals surface area contributed by atoms with Crippen molar-refractivity contribution in [1.29, 1.82) is 0 Å². The van der Waals surface area contributed by atoms with Gasteiger partial charge in [-0.25, -0.2) is 9.97 Å². The number of nitrogens with zero attached hydrogens (tertiary/aromatic N) is 2. The molecule has 0 spiro atoms. The van der Waals surface area contributed by atoms with Crippen LogP contribution in [0.1, 0.15) is 19.7 Å². The van der Waals surface area contributed by atoms with Gasteiger partial charge in [0.25, 0.3) is 0 Å². The molecule has 2 aromatic heterocycles. The molecule has 0 fully saturated rings. The van der Waals surface area contributed by atoms with Crippen molar-refractivity contribution in [2.75, 3.05) is 23.9 Å². The van der Waals surface area contributed by atoms with E-state index in [1.54, 1.807) is 23.1 Å². The van der Waals surface area contributed by atoms with Crippen LogP contribution in [0.15, 0.2) is 11.4 Å². The smallest absolute Gasteiger partial charge is 0.138 e. The van der Waals surface area contributed by atoms with E-state index < -0.39 is 5.60 Å². The maximum Gasteiger partial charge on any atom is 0.138 e. The fraction of sp³-hybridized carbons (Fsp3) is 0.538. The van der Waals surface area contributed by atoms with Gasteiger partial charge in [-0.05, 0) is 24.6 Å². The molecule has 2 N–H and O–H groups in total. The van der Waals surface area contributed by atoms with Crippen molar-refractivity contribution < 1.29 is 5.11 Å². The zero-order valence-electron chi connectivity index (χ0n) is 11.4. The highest BCUT2D eigenvalue weighted by atomic mass is 32.2. The van der Waals surface area contributed by atoms with Crippen molar-refractivity contribution in [2.24, 2.45) is 0 Å². The molecule has 0 aliphatic carbocycles. The molecule has 0 aliphatic heterocycles. The second-order valence-electron chi connectivity index (χ2n) is 4.76. The molecule has 0 aromatic carbocycles. The van der Waals surface area contributed by atoms with Crippen LogP contribution in [0.4, 0.5) is 5.82 Å². The lowest BCUT2D eigenvalue weighted by Gasteiger charge is -2.23. The van der Waals surface area contributed by atoms with Crippen LogP contribution in [0.5, 0.6) is 0 Å². The van der Waals surface area contributed by atoms with Gasteiger partial charge < -0.3 is 10.4 Å². The SMILES string of the molecule is CCc1nc(NCC(C)(O)CSC)c2ccsc2n1. The molecule has 19 heavy (non-hydrogen) atoms. The molecule has 0 aliphatic rings. The summed E-state index contributed by atoms with van der Waals surface area (Å²) in [4.78, 5) is 10.0. The van der Waals surface area contributed by atoms with E-state index in [2.05, 4.69) is 15.3 Å². The molecule has 4 nitrogen and oxygen atoms in total. The summed E-state index contributed by atoms with van der Waals surface area (Å²) in [6.45, 7) is 4.37. The summed E-state index contributed by atoms with van der Waals surface area (Å²) < 4.78 is 0. The molecule has 0 saturated heterocycles. The van der Waals surface area contributed by atoms with Crippen molar-refractivity contribution in [3.63, 3.8) is 0 Å². The Morgan fingerprint density at radius 3 is 2.95 bits per heavy atom. The van der Waals surface area contributed by atoms with E-state index >= 15 is 0 Å². The minimum atomic E-state index is -0.737. The molecule has 2 aromatic rings. The second kappa shape index (κ2) is 6.07. The Kier molecular flexibility index (Phi) is 4.65. The van der Waals surface area contributed by atoms with E-state index in [1.165, 1.54) is 0 Å². The second-order valence-corrected chi connectivity index (χ2v) is 6.53. The lowest BCUT2D eigenvalue weighted by atomic mass is 10.1. The molecular formula is C13H19N3OS2. The van der Waals surface area contributed by atoms with Crippen LogP contribution >= 0.6 is 23.1 Å². The Hall–Kier alpha value is -0.850. The Morgan fingerprint density at radius 2 is 2.26 bits per heavy atom. The number of anilines is 1. The summed E-state index contributed by atoms with van der Waals surface area (Å²) in [6.07, 6.45) is 2.80. The number of aromatic nitrogens is 2. The van der Waals surface area contributed by atoms with Crippen LogP contribution in [-0.2, 0) is 6.42 Å². The lowest BCUT2D eigenvalue weighted by molar-refractivity contribution is 0.0996. The van der Waals surface area contributed by atoms with Gasteiger partial charge >= 0.3 is 0 Å². The normalized spacial score (nSPS) is 14.5. The summed E-state index contributed by atoms with van der Waals surface area (Å²) >= 11 is 3.25. The quantitative estimate of drug-likeness (QED) is 0.858. The fourth-order valence-corrected chi connectivity index (χ4v) is 3.34. The number of aryl methyl sites for hydroxylation is 1. The van der Waals surface area contributed by atoms with Gasteiger partial charge in [0, 0.05) is 18.7 Å². The third-order valence-electron chi connectivity index (χ3n) is 2.78. The van der Waals surface area contributed by atoms with Crippen molar-refractivity contribution in [2.45, 2.75) is 25.9 Å². The van der Waals surface area contributed by atoms with Crippen LogP contribution in [0.2, 0.25) is 0 Å². The molecule has 0 radical (unpaired) electrons. The topological polar surface area (TPSA) is 58.0 Å². The Labute approximate surface area is 121 Å². The highest BCUT2D eigenvalue weighted by Crippen LogP contribution is 2.25. The van der Waals surface area contributed by atoms with Crippen LogP contribution in [0.25, 0.3) is 10.2 Å². The number of thioether (sulfide) groups is 1. The Bertz CT molecular complexity index is 554. The third kappa shape index (κ3) is 3.58. The molecule has 0 amide bonds. The maximum atomic E-state index is 10.2. The summed E-state index contributed by atoms with van der Waals surface area (Å²) in [6, 6.07) is 2.02. The first-order valence-corrected chi connectivity index (χ1v) is 8.52. The van der Waals surface area contributed by atoms with E-state index in [0.29, 0.717) is 12.3 Å². The van der Waals surface area contributed by atoms with E-state index in [0.717, 1.165) is 28.3 Å². The van der Waals surface area contributed by atoms with Crippen molar-refractivity contribution in [3.8, 4) is 0 Å². The number of thiophene rings is 1. The van der Waals surface area contributed by atoms with E-state index in [9.17, 15) is 5.11 Å². The average Bonchev–Trinajstić information content (AvgIpc) is 2.83. The Balaban J connectivity index is 2.22. The molecule has 2 rings (SSSR count). The zero-order valence-corrected chi connectivity index (χ0v) is 13.1. The molecule has 0 saturated carbocycles. The Morgan fingerprint density at radius 1 is 1.47 bits per heavy atom. The summed E-state index contributed by atoms with van der Waals surface area (Å²) in [5.74, 6) is 2.35. The third-order valence-corrected chi connectivity index (χ3v) is 4.50. The number of fused-ring (bicyclic) bond motifs is 1. The largest absolute Gasteiger partial charge is 0.387 e. The van der Waals surface area contributed by atoms with Gasteiger partial charge in [0.1, 0.15) is 16.5 Å². The molecular weight excluding hydrogens is 278 g/mol. The van der Waals surface area contributed by atoms with Gasteiger partial charge in [-0.2, -0.15) is 11.8 Å². The van der Waals surface area contributed by atoms with Gasteiger partial charge in [0.2, 0.25) is 0 Å². The zero-order chi connectivity index (χ0) is 13.9. The summed E-state index contributed by atoms with van der Waals surface area (Å²) in [5.41, 5.74) is -0.737. The fourth-order valence-electron chi connectivity index (χ4n) is 1.83. The van der Waals surface area contributed by atoms with Crippen molar-refractivity contribution in [3.05, 3.63) is 17.3 Å². The van der Waals surface area contributed by atoms with Crippen molar-refractivity contribution >= 4 is 39.1 Å². The summed E-state index contributed by atoms with van der Waals surface area (Å²) in [5, 5.41) is 16.5. The molecule has 0 bridgehead atoms. The predicted molar refractivity (Wildman–Crippen MR) is 84.3 cm³/mol. The first kappa shape index (κ1) is 14.6.